The van der Waals surface area contributed by atoms with Crippen molar-refractivity contribution in [3.63, 3.8) is 0 Å². The molecule has 0 saturated carbocycles. The normalized spacial score (nSPS) is 21.5. The zero-order chi connectivity index (χ0) is 21.3. The lowest BCUT2D eigenvalue weighted by Gasteiger charge is -2.36. The highest BCUT2D eigenvalue weighted by molar-refractivity contribution is 7.50. The van der Waals surface area contributed by atoms with E-state index in [1.807, 2.05) is 30.3 Å². The van der Waals surface area contributed by atoms with Crippen LogP contribution in [0.1, 0.15) is 30.0 Å². The molecule has 0 aliphatic carbocycles. The van der Waals surface area contributed by atoms with Crippen LogP contribution in [0.2, 0.25) is 0 Å². The van der Waals surface area contributed by atoms with Crippen molar-refractivity contribution in [3.05, 3.63) is 63.4 Å². The Bertz CT molecular complexity index is 1340. The van der Waals surface area contributed by atoms with E-state index in [0.29, 0.717) is 17.9 Å². The molecule has 0 fully saturated rings. The first kappa shape index (κ1) is 19.1. The molecule has 5 rings (SSSR count). The molecule has 10 heteroatoms. The van der Waals surface area contributed by atoms with Crippen LogP contribution >= 0.6 is 7.75 Å². The van der Waals surface area contributed by atoms with Crippen LogP contribution in [0.4, 0.5) is 0 Å². The second-order valence-electron chi connectivity index (χ2n) is 7.41. The molecule has 0 spiro atoms. The lowest BCUT2D eigenvalue weighted by molar-refractivity contribution is -0.169. The number of nitrogens with two attached hydrogens (primary N) is 1. The van der Waals surface area contributed by atoms with Crippen LogP contribution in [0.15, 0.2) is 41.2 Å². The molecule has 2 atom stereocenters. The summed E-state index contributed by atoms with van der Waals surface area (Å²) in [6.07, 6.45) is -0.0402. The van der Waals surface area contributed by atoms with Crippen LogP contribution < -0.4 is 11.1 Å². The van der Waals surface area contributed by atoms with Crippen molar-refractivity contribution in [2.45, 2.75) is 32.1 Å². The Kier molecular flexibility index (Phi) is 4.04. The predicted molar refractivity (Wildman–Crippen MR) is 107 cm³/mol. The van der Waals surface area contributed by atoms with E-state index in [0.717, 1.165) is 16.5 Å². The van der Waals surface area contributed by atoms with Crippen molar-refractivity contribution in [2.75, 3.05) is 0 Å². The van der Waals surface area contributed by atoms with Gasteiger partial charge in [-0.05, 0) is 24.6 Å². The van der Waals surface area contributed by atoms with Crippen LogP contribution in [-0.2, 0) is 37.4 Å². The Balaban J connectivity index is 1.79. The van der Waals surface area contributed by atoms with E-state index in [9.17, 15) is 19.0 Å². The molecule has 3 N–H and O–H groups in total. The zero-order valence-electron chi connectivity index (χ0n) is 16.0. The topological polar surface area (TPSA) is 134 Å². The molecule has 0 bridgehead atoms. The number of hydrogen-bond acceptors (Lipinski definition) is 6. The first-order valence-electron chi connectivity index (χ1n) is 9.39. The Hall–Kier alpha value is -2.84. The number of rotatable bonds is 3. The van der Waals surface area contributed by atoms with Crippen LogP contribution in [-0.4, -0.2) is 20.4 Å². The van der Waals surface area contributed by atoms with E-state index in [1.54, 1.807) is 17.6 Å². The molecule has 2 aromatic heterocycles. The van der Waals surface area contributed by atoms with Gasteiger partial charge in [-0.3, -0.25) is 9.32 Å². The summed E-state index contributed by atoms with van der Waals surface area (Å²) in [7, 11) is -4.57. The number of esters is 1. The van der Waals surface area contributed by atoms with E-state index in [2.05, 4.69) is 0 Å². The maximum absolute atomic E-state index is 13.3. The largest absolute Gasteiger partial charge is 0.458 e. The summed E-state index contributed by atoms with van der Waals surface area (Å²) in [6.45, 7) is 1.68. The number of nitrogens with zero attached hydrogens (tertiary/aromatic N) is 2. The second kappa shape index (κ2) is 6.33. The first-order chi connectivity index (χ1) is 14.2. The van der Waals surface area contributed by atoms with Gasteiger partial charge in [0.2, 0.25) is 5.60 Å². The highest BCUT2D eigenvalue weighted by Crippen LogP contribution is 2.48. The third-order valence-electron chi connectivity index (χ3n) is 5.67. The van der Waals surface area contributed by atoms with Crippen LogP contribution in [0, 0.1) is 0 Å². The lowest BCUT2D eigenvalue weighted by Crippen LogP contribution is -2.46. The van der Waals surface area contributed by atoms with Crippen molar-refractivity contribution in [1.82, 2.24) is 9.55 Å². The van der Waals surface area contributed by atoms with Gasteiger partial charge < -0.3 is 14.2 Å². The molecule has 4 heterocycles. The van der Waals surface area contributed by atoms with Gasteiger partial charge >= 0.3 is 13.7 Å². The van der Waals surface area contributed by atoms with Crippen LogP contribution in [0.3, 0.4) is 0 Å². The van der Waals surface area contributed by atoms with E-state index in [4.69, 9.17) is 19.7 Å². The Morgan fingerprint density at radius 1 is 1.33 bits per heavy atom. The minimum Gasteiger partial charge on any atom is -0.458 e. The summed E-state index contributed by atoms with van der Waals surface area (Å²) in [4.78, 5) is 40.3. The first-order valence-corrected chi connectivity index (χ1v) is 11.0. The van der Waals surface area contributed by atoms with Gasteiger partial charge in [0.25, 0.3) is 5.56 Å². The highest BCUT2D eigenvalue weighted by atomic mass is 31.2. The van der Waals surface area contributed by atoms with E-state index in [-0.39, 0.29) is 29.7 Å². The number of ether oxygens (including phenoxy) is 1. The van der Waals surface area contributed by atoms with E-state index in [1.165, 1.54) is 0 Å². The minimum absolute atomic E-state index is 0.0402. The van der Waals surface area contributed by atoms with Gasteiger partial charge in [0, 0.05) is 16.5 Å². The maximum atomic E-state index is 13.3. The summed E-state index contributed by atoms with van der Waals surface area (Å²) >= 11 is 0. The average Bonchev–Trinajstić information content (AvgIpc) is 3.06. The number of carbonyl (C=O) groups is 1. The second-order valence-corrected chi connectivity index (χ2v) is 8.72. The molecule has 1 aromatic carbocycles. The molecule has 2 aliphatic rings. The molecule has 154 valence electrons. The molecule has 0 saturated heterocycles. The number of pyridine rings is 2. The third kappa shape index (κ3) is 2.67. The van der Waals surface area contributed by atoms with E-state index >= 15 is 0 Å². The molecule has 30 heavy (non-hydrogen) atoms. The molecule has 3 aromatic rings. The third-order valence-corrected chi connectivity index (χ3v) is 6.24. The number of carbonyl (C=O) groups excluding carboxylic acids is 1. The number of hydrogen-bond donors (Lipinski definition) is 2. The Labute approximate surface area is 170 Å². The van der Waals surface area contributed by atoms with Crippen molar-refractivity contribution in [1.29, 1.82) is 0 Å². The monoisotopic (exact) mass is 427 g/mol. The average molecular weight is 427 g/mol. The van der Waals surface area contributed by atoms with Gasteiger partial charge in [-0.1, -0.05) is 25.1 Å². The molecule has 1 unspecified atom stereocenters. The Morgan fingerprint density at radius 2 is 2.10 bits per heavy atom. The predicted octanol–water partition coefficient (Wildman–Crippen LogP) is 2.16. The molecule has 0 amide bonds. The zero-order valence-corrected chi connectivity index (χ0v) is 16.9. The quantitative estimate of drug-likeness (QED) is 0.375. The van der Waals surface area contributed by atoms with Gasteiger partial charge in [0.05, 0.1) is 29.0 Å². The standard InChI is InChI=1S/C20H18N3O6P/c1-2-20(29-30(21,26)27)14-8-16-17-12(7-11-5-3-4-6-15(11)22-17)9-23(16)18(24)13(14)10-28-19(20)25/h3-8H,2,9-10H2,1H3,(H3,21,26,27)/t20-/m0/s1. The summed E-state index contributed by atoms with van der Waals surface area (Å²) in [6, 6.07) is 11.2. The summed E-state index contributed by atoms with van der Waals surface area (Å²) < 4.78 is 23.8. The molecule has 0 radical (unpaired) electrons. The molecule has 9 nitrogen and oxygen atoms in total. The van der Waals surface area contributed by atoms with Gasteiger partial charge in [0.15, 0.2) is 0 Å². The molecular formula is C20H18N3O6P. The van der Waals surface area contributed by atoms with Gasteiger partial charge in [0.1, 0.15) is 6.61 Å². The summed E-state index contributed by atoms with van der Waals surface area (Å²) in [5, 5.41) is 0.955. The highest BCUT2D eigenvalue weighted by Gasteiger charge is 2.51. The SMILES string of the molecule is CC[C@@]1(OP(N)(=O)O)C(=O)OCc2c1cc1n(c2=O)Cc2cc3ccccc3nc2-1. The Morgan fingerprint density at radius 3 is 2.83 bits per heavy atom. The number of aromatic nitrogens is 2. The lowest BCUT2D eigenvalue weighted by atomic mass is 9.86. The van der Waals surface area contributed by atoms with Gasteiger partial charge in [-0.25, -0.2) is 19.8 Å². The molecule has 2 aliphatic heterocycles. The number of para-hydroxylation sites is 1. The van der Waals surface area contributed by atoms with Crippen molar-refractivity contribution >= 4 is 24.6 Å². The summed E-state index contributed by atoms with van der Waals surface area (Å²) in [5.41, 5.74) is 6.09. The fourth-order valence-corrected chi connectivity index (χ4v) is 5.04. The van der Waals surface area contributed by atoms with Crippen LogP contribution in [0.25, 0.3) is 22.3 Å². The van der Waals surface area contributed by atoms with Crippen molar-refractivity contribution in [3.8, 4) is 11.4 Å². The van der Waals surface area contributed by atoms with Crippen LogP contribution in [0.5, 0.6) is 0 Å². The fraction of sp³-hybridized carbons (Fsp3) is 0.250. The van der Waals surface area contributed by atoms with Gasteiger partial charge in [-0.2, -0.15) is 0 Å². The van der Waals surface area contributed by atoms with Crippen molar-refractivity contribution < 1.29 is 23.5 Å². The maximum Gasteiger partial charge on any atom is 0.401 e. The minimum atomic E-state index is -4.57. The fourth-order valence-electron chi connectivity index (χ4n) is 4.29. The smallest absolute Gasteiger partial charge is 0.401 e. The summed E-state index contributed by atoms with van der Waals surface area (Å²) in [5.74, 6) is -0.855. The number of fused-ring (bicyclic) bond motifs is 5. The van der Waals surface area contributed by atoms with Gasteiger partial charge in [-0.15, -0.1) is 0 Å². The number of cyclic esters (lactones) is 1. The molecular weight excluding hydrogens is 409 g/mol. The number of benzene rings is 1. The van der Waals surface area contributed by atoms with Crippen molar-refractivity contribution in [2.24, 2.45) is 5.50 Å². The van der Waals surface area contributed by atoms with E-state index < -0.39 is 19.3 Å².